The van der Waals surface area contributed by atoms with E-state index in [1.807, 2.05) is 17.7 Å². The van der Waals surface area contributed by atoms with Crippen LogP contribution in [0.15, 0.2) is 24.1 Å². The SMILES string of the molecule is COCCNC(=O)C1(n2ccnc2)CCN(Cc2csc(C)n2)CC1. The van der Waals surface area contributed by atoms with E-state index in [1.165, 1.54) is 0 Å². The summed E-state index contributed by atoms with van der Waals surface area (Å²) in [7, 11) is 1.64. The normalized spacial score (nSPS) is 17.5. The molecule has 25 heavy (non-hydrogen) atoms. The smallest absolute Gasteiger partial charge is 0.246 e. The molecule has 1 amide bonds. The first-order chi connectivity index (χ1) is 12.1. The van der Waals surface area contributed by atoms with Gasteiger partial charge in [-0.05, 0) is 19.8 Å². The van der Waals surface area contributed by atoms with E-state index in [0.717, 1.165) is 43.2 Å². The number of nitrogens with one attached hydrogen (secondary N) is 1. The predicted molar refractivity (Wildman–Crippen MR) is 96.4 cm³/mol. The Balaban J connectivity index is 1.67. The van der Waals surface area contributed by atoms with Gasteiger partial charge in [0.25, 0.3) is 0 Å². The fourth-order valence-corrected chi connectivity index (χ4v) is 3.94. The number of methoxy groups -OCH3 is 1. The van der Waals surface area contributed by atoms with Crippen LogP contribution < -0.4 is 5.32 Å². The molecular formula is C17H25N5O2S. The molecule has 1 fully saturated rings. The Kier molecular flexibility index (Phi) is 5.82. The predicted octanol–water partition coefficient (Wildman–Crippen LogP) is 1.40. The minimum atomic E-state index is -0.571. The van der Waals surface area contributed by atoms with Gasteiger partial charge in [-0.25, -0.2) is 9.97 Å². The highest BCUT2D eigenvalue weighted by Crippen LogP contribution is 2.31. The lowest BCUT2D eigenvalue weighted by Crippen LogP contribution is -2.55. The van der Waals surface area contributed by atoms with Crippen molar-refractivity contribution in [2.24, 2.45) is 0 Å². The van der Waals surface area contributed by atoms with E-state index in [0.29, 0.717) is 13.2 Å². The molecule has 0 unspecified atom stereocenters. The van der Waals surface area contributed by atoms with Gasteiger partial charge in [0, 0.05) is 51.1 Å². The summed E-state index contributed by atoms with van der Waals surface area (Å²) in [5.41, 5.74) is 0.542. The first-order valence-electron chi connectivity index (χ1n) is 8.53. The van der Waals surface area contributed by atoms with Crippen LogP contribution in [0.3, 0.4) is 0 Å². The van der Waals surface area contributed by atoms with Crippen LogP contribution in [0.5, 0.6) is 0 Å². The molecule has 2 aromatic rings. The first-order valence-corrected chi connectivity index (χ1v) is 9.41. The molecule has 136 valence electrons. The van der Waals surface area contributed by atoms with Gasteiger partial charge in [-0.1, -0.05) is 0 Å². The third-order valence-corrected chi connectivity index (χ3v) is 5.57. The summed E-state index contributed by atoms with van der Waals surface area (Å²) in [6.07, 6.45) is 6.87. The van der Waals surface area contributed by atoms with E-state index in [-0.39, 0.29) is 5.91 Å². The lowest BCUT2D eigenvalue weighted by atomic mass is 9.86. The standard InChI is InChI=1S/C17H25N5O2S/c1-14-20-15(12-25-14)11-21-7-3-17(4-8-21,22-9-5-18-13-22)16(23)19-6-10-24-2/h5,9,12-13H,3-4,6-8,10-11H2,1-2H3,(H,19,23). The number of amides is 1. The molecule has 1 N–H and O–H groups in total. The summed E-state index contributed by atoms with van der Waals surface area (Å²) in [6.45, 7) is 5.61. The Bertz CT molecular complexity index is 677. The first kappa shape index (κ1) is 18.0. The van der Waals surface area contributed by atoms with Crippen LogP contribution in [-0.2, 0) is 21.6 Å². The molecule has 7 nitrogen and oxygen atoms in total. The Morgan fingerprint density at radius 2 is 2.24 bits per heavy atom. The van der Waals surface area contributed by atoms with Crippen molar-refractivity contribution >= 4 is 17.2 Å². The number of likely N-dealkylation sites (tertiary alicyclic amines) is 1. The summed E-state index contributed by atoms with van der Waals surface area (Å²) in [5, 5.41) is 6.22. The van der Waals surface area contributed by atoms with E-state index in [9.17, 15) is 4.79 Å². The molecule has 2 aromatic heterocycles. The van der Waals surface area contributed by atoms with Crippen LogP contribution in [0.1, 0.15) is 23.5 Å². The van der Waals surface area contributed by atoms with Gasteiger partial charge in [0.1, 0.15) is 5.54 Å². The maximum absolute atomic E-state index is 12.9. The van der Waals surface area contributed by atoms with Crippen molar-refractivity contribution in [2.75, 3.05) is 33.4 Å². The lowest BCUT2D eigenvalue weighted by molar-refractivity contribution is -0.132. The van der Waals surface area contributed by atoms with Crippen LogP contribution in [-0.4, -0.2) is 58.7 Å². The van der Waals surface area contributed by atoms with Gasteiger partial charge < -0.3 is 14.6 Å². The molecule has 0 radical (unpaired) electrons. The molecule has 0 aliphatic carbocycles. The molecule has 0 aromatic carbocycles. The average molecular weight is 363 g/mol. The number of aromatic nitrogens is 3. The molecule has 1 saturated heterocycles. The van der Waals surface area contributed by atoms with Gasteiger partial charge >= 0.3 is 0 Å². The molecule has 0 atom stereocenters. The van der Waals surface area contributed by atoms with Crippen LogP contribution in [0.25, 0.3) is 0 Å². The zero-order chi connectivity index (χ0) is 17.7. The van der Waals surface area contributed by atoms with E-state index >= 15 is 0 Å². The number of carbonyl (C=O) groups excluding carboxylic acids is 1. The van der Waals surface area contributed by atoms with Crippen molar-refractivity contribution in [3.05, 3.63) is 34.8 Å². The second-order valence-electron chi connectivity index (χ2n) is 6.38. The van der Waals surface area contributed by atoms with E-state index in [2.05, 4.69) is 25.6 Å². The van der Waals surface area contributed by atoms with Crippen molar-refractivity contribution in [1.29, 1.82) is 0 Å². The van der Waals surface area contributed by atoms with Gasteiger partial charge in [0.2, 0.25) is 5.91 Å². The van der Waals surface area contributed by atoms with Gasteiger partial charge in [0.05, 0.1) is 23.6 Å². The Morgan fingerprint density at radius 1 is 1.44 bits per heavy atom. The molecular weight excluding hydrogens is 338 g/mol. The number of thiazole rings is 1. The second kappa shape index (κ2) is 8.07. The topological polar surface area (TPSA) is 72.3 Å². The van der Waals surface area contributed by atoms with Crippen LogP contribution in [0.2, 0.25) is 0 Å². The number of imidazole rings is 1. The highest BCUT2D eigenvalue weighted by atomic mass is 32.1. The molecule has 0 spiro atoms. The van der Waals surface area contributed by atoms with E-state index in [4.69, 9.17) is 4.74 Å². The van der Waals surface area contributed by atoms with Crippen LogP contribution in [0.4, 0.5) is 0 Å². The zero-order valence-corrected chi connectivity index (χ0v) is 15.6. The summed E-state index contributed by atoms with van der Waals surface area (Å²) in [6, 6.07) is 0. The number of nitrogens with zero attached hydrogens (tertiary/aromatic N) is 4. The Hall–Kier alpha value is -1.77. The number of hydrogen-bond acceptors (Lipinski definition) is 6. The van der Waals surface area contributed by atoms with Crippen molar-refractivity contribution < 1.29 is 9.53 Å². The summed E-state index contributed by atoms with van der Waals surface area (Å²) >= 11 is 1.68. The molecule has 1 aliphatic rings. The van der Waals surface area contributed by atoms with Gasteiger partial charge in [0.15, 0.2) is 0 Å². The van der Waals surface area contributed by atoms with E-state index < -0.39 is 5.54 Å². The monoisotopic (exact) mass is 363 g/mol. The summed E-state index contributed by atoms with van der Waals surface area (Å²) in [4.78, 5) is 24.0. The Labute approximate surface area is 152 Å². The van der Waals surface area contributed by atoms with Gasteiger partial charge in [-0.3, -0.25) is 9.69 Å². The quantitative estimate of drug-likeness (QED) is 0.753. The lowest BCUT2D eigenvalue weighted by Gasteiger charge is -2.41. The van der Waals surface area contributed by atoms with Crippen LogP contribution >= 0.6 is 11.3 Å². The average Bonchev–Trinajstić information content (AvgIpc) is 3.28. The summed E-state index contributed by atoms with van der Waals surface area (Å²) in [5.74, 6) is 0.0479. The van der Waals surface area contributed by atoms with Crippen molar-refractivity contribution in [3.8, 4) is 0 Å². The fourth-order valence-electron chi connectivity index (χ4n) is 3.34. The molecule has 3 rings (SSSR count). The number of hydrogen-bond donors (Lipinski definition) is 1. The summed E-state index contributed by atoms with van der Waals surface area (Å²) < 4.78 is 7.00. The molecule has 3 heterocycles. The van der Waals surface area contributed by atoms with Gasteiger partial charge in [-0.2, -0.15) is 0 Å². The van der Waals surface area contributed by atoms with E-state index in [1.54, 1.807) is 31.0 Å². The Morgan fingerprint density at radius 3 is 2.84 bits per heavy atom. The zero-order valence-electron chi connectivity index (χ0n) is 14.8. The van der Waals surface area contributed by atoms with Gasteiger partial charge in [-0.15, -0.1) is 11.3 Å². The van der Waals surface area contributed by atoms with Crippen molar-refractivity contribution in [1.82, 2.24) is 24.8 Å². The maximum atomic E-state index is 12.9. The largest absolute Gasteiger partial charge is 0.383 e. The maximum Gasteiger partial charge on any atom is 0.246 e. The highest BCUT2D eigenvalue weighted by molar-refractivity contribution is 7.09. The second-order valence-corrected chi connectivity index (χ2v) is 7.45. The molecule has 1 aliphatic heterocycles. The number of ether oxygens (including phenoxy) is 1. The van der Waals surface area contributed by atoms with Crippen LogP contribution in [0, 0.1) is 6.92 Å². The van der Waals surface area contributed by atoms with Crippen molar-refractivity contribution in [3.63, 3.8) is 0 Å². The number of aryl methyl sites for hydroxylation is 1. The number of rotatable bonds is 7. The minimum absolute atomic E-state index is 0.0479. The number of piperidine rings is 1. The number of carbonyl (C=O) groups is 1. The molecule has 0 bridgehead atoms. The third kappa shape index (κ3) is 4.08. The minimum Gasteiger partial charge on any atom is -0.383 e. The molecule has 8 heteroatoms. The third-order valence-electron chi connectivity index (χ3n) is 4.75. The highest BCUT2D eigenvalue weighted by Gasteiger charge is 2.42. The fraction of sp³-hybridized carbons (Fsp3) is 0.588. The van der Waals surface area contributed by atoms with Crippen molar-refractivity contribution in [2.45, 2.75) is 31.8 Å². The molecule has 0 saturated carbocycles.